The molecule has 2 bridgehead atoms. The van der Waals surface area contributed by atoms with Crippen LogP contribution in [0.1, 0.15) is 37.2 Å². The summed E-state index contributed by atoms with van der Waals surface area (Å²) in [6.45, 7) is 5.81. The fourth-order valence-corrected chi connectivity index (χ4v) is 4.07. The van der Waals surface area contributed by atoms with E-state index >= 15 is 0 Å². The lowest BCUT2D eigenvalue weighted by molar-refractivity contribution is -0.139. The number of nitrogens with zero attached hydrogens (tertiary/aromatic N) is 3. The second kappa shape index (κ2) is 7.14. The van der Waals surface area contributed by atoms with Crippen molar-refractivity contribution in [3.05, 3.63) is 53.7 Å². The first-order valence-corrected chi connectivity index (χ1v) is 9.62. The molecule has 27 heavy (non-hydrogen) atoms. The largest absolute Gasteiger partial charge is 0.334 e. The Balaban J connectivity index is 1.58. The van der Waals surface area contributed by atoms with Crippen molar-refractivity contribution in [3.8, 4) is 0 Å². The van der Waals surface area contributed by atoms with E-state index < -0.39 is 0 Å². The summed E-state index contributed by atoms with van der Waals surface area (Å²) in [5.41, 5.74) is 2.48. The zero-order chi connectivity index (χ0) is 19.0. The third-order valence-corrected chi connectivity index (χ3v) is 5.59. The Hall–Kier alpha value is -2.69. The Kier molecular flexibility index (Phi) is 4.68. The molecule has 0 N–H and O–H groups in total. The SMILES string of the molecule is CC(C)=CCN1C(=O)[C@H]2CC[C@@H]1CN(C(=O)c1ccc3ccccc3n1)C2. The van der Waals surface area contributed by atoms with Crippen molar-refractivity contribution >= 4 is 22.7 Å². The van der Waals surface area contributed by atoms with Gasteiger partial charge in [-0.05, 0) is 38.8 Å². The summed E-state index contributed by atoms with van der Waals surface area (Å²) >= 11 is 0. The summed E-state index contributed by atoms with van der Waals surface area (Å²) in [5, 5.41) is 1.02. The van der Waals surface area contributed by atoms with Crippen molar-refractivity contribution in [1.29, 1.82) is 0 Å². The van der Waals surface area contributed by atoms with Crippen molar-refractivity contribution in [2.45, 2.75) is 32.7 Å². The predicted molar refractivity (Wildman–Crippen MR) is 105 cm³/mol. The van der Waals surface area contributed by atoms with Gasteiger partial charge in [-0.15, -0.1) is 0 Å². The maximum atomic E-state index is 13.1. The summed E-state index contributed by atoms with van der Waals surface area (Å²) < 4.78 is 0. The average molecular weight is 363 g/mol. The van der Waals surface area contributed by atoms with Crippen LogP contribution in [0.25, 0.3) is 10.9 Å². The topological polar surface area (TPSA) is 53.5 Å². The molecule has 3 fully saturated rings. The molecule has 1 aromatic carbocycles. The van der Waals surface area contributed by atoms with Crippen LogP contribution in [-0.4, -0.2) is 52.3 Å². The third kappa shape index (κ3) is 3.46. The maximum Gasteiger partial charge on any atom is 0.272 e. The minimum atomic E-state index is -0.0984. The van der Waals surface area contributed by atoms with Crippen LogP contribution >= 0.6 is 0 Å². The van der Waals surface area contributed by atoms with Gasteiger partial charge in [0.05, 0.1) is 11.4 Å². The molecular formula is C22H25N3O2. The van der Waals surface area contributed by atoms with E-state index in [4.69, 9.17) is 0 Å². The highest BCUT2D eigenvalue weighted by molar-refractivity contribution is 5.95. The Morgan fingerprint density at radius 3 is 2.78 bits per heavy atom. The molecule has 2 atom stereocenters. The molecule has 5 nitrogen and oxygen atoms in total. The summed E-state index contributed by atoms with van der Waals surface area (Å²) in [6, 6.07) is 11.6. The first-order chi connectivity index (χ1) is 13.0. The minimum Gasteiger partial charge on any atom is -0.334 e. The lowest BCUT2D eigenvalue weighted by Crippen LogP contribution is -2.48. The molecular weight excluding hydrogens is 338 g/mol. The fraction of sp³-hybridized carbons (Fsp3) is 0.409. The van der Waals surface area contributed by atoms with Crippen LogP contribution in [0.2, 0.25) is 0 Å². The summed E-state index contributed by atoms with van der Waals surface area (Å²) in [7, 11) is 0. The van der Waals surface area contributed by atoms with E-state index in [2.05, 4.69) is 11.1 Å². The highest BCUT2D eigenvalue weighted by Crippen LogP contribution is 2.30. The predicted octanol–water partition coefficient (Wildman–Crippen LogP) is 3.26. The second-order valence-electron chi connectivity index (χ2n) is 7.80. The molecule has 5 rings (SSSR count). The van der Waals surface area contributed by atoms with E-state index in [1.165, 1.54) is 5.57 Å². The number of hydrogen-bond acceptors (Lipinski definition) is 3. The second-order valence-corrected chi connectivity index (χ2v) is 7.80. The van der Waals surface area contributed by atoms with Crippen molar-refractivity contribution in [3.63, 3.8) is 0 Å². The van der Waals surface area contributed by atoms with Crippen LogP contribution in [-0.2, 0) is 4.79 Å². The third-order valence-electron chi connectivity index (χ3n) is 5.59. The number of piperidine rings is 1. The number of carbonyl (C=O) groups is 2. The van der Waals surface area contributed by atoms with E-state index in [1.807, 2.05) is 54.0 Å². The summed E-state index contributed by atoms with van der Waals surface area (Å²) in [6.07, 6.45) is 3.92. The molecule has 0 aliphatic carbocycles. The van der Waals surface area contributed by atoms with E-state index in [0.29, 0.717) is 25.3 Å². The molecule has 4 heterocycles. The highest BCUT2D eigenvalue weighted by Gasteiger charge is 2.41. The molecule has 2 amide bonds. The molecule has 0 saturated carbocycles. The first-order valence-electron chi connectivity index (χ1n) is 9.62. The van der Waals surface area contributed by atoms with Gasteiger partial charge in [-0.2, -0.15) is 0 Å². The van der Waals surface area contributed by atoms with Gasteiger partial charge in [0.1, 0.15) is 5.69 Å². The van der Waals surface area contributed by atoms with E-state index in [0.717, 1.165) is 23.7 Å². The maximum absolute atomic E-state index is 13.1. The van der Waals surface area contributed by atoms with Crippen LogP contribution < -0.4 is 0 Å². The van der Waals surface area contributed by atoms with Gasteiger partial charge < -0.3 is 9.80 Å². The fourth-order valence-electron chi connectivity index (χ4n) is 4.07. The van der Waals surface area contributed by atoms with Crippen LogP contribution in [0.4, 0.5) is 0 Å². The molecule has 3 aliphatic heterocycles. The molecule has 1 aromatic heterocycles. The number of amides is 2. The molecule has 3 saturated heterocycles. The molecule has 140 valence electrons. The Morgan fingerprint density at radius 2 is 1.96 bits per heavy atom. The van der Waals surface area contributed by atoms with Gasteiger partial charge in [0, 0.05) is 31.1 Å². The van der Waals surface area contributed by atoms with E-state index in [-0.39, 0.29) is 23.8 Å². The van der Waals surface area contributed by atoms with Gasteiger partial charge in [-0.3, -0.25) is 9.59 Å². The van der Waals surface area contributed by atoms with Crippen LogP contribution in [0, 0.1) is 5.92 Å². The lowest BCUT2D eigenvalue weighted by Gasteiger charge is -2.35. The molecule has 5 heteroatoms. The normalized spacial score (nSPS) is 22.1. The van der Waals surface area contributed by atoms with Crippen LogP contribution in [0.15, 0.2) is 48.0 Å². The number of pyridine rings is 1. The van der Waals surface area contributed by atoms with Crippen molar-refractivity contribution in [1.82, 2.24) is 14.8 Å². The van der Waals surface area contributed by atoms with E-state index in [1.54, 1.807) is 6.07 Å². The zero-order valence-corrected chi connectivity index (χ0v) is 15.9. The van der Waals surface area contributed by atoms with Crippen molar-refractivity contribution in [2.24, 2.45) is 5.92 Å². The molecule has 0 unspecified atom stereocenters. The van der Waals surface area contributed by atoms with Gasteiger partial charge in [-0.1, -0.05) is 35.9 Å². The van der Waals surface area contributed by atoms with Crippen molar-refractivity contribution in [2.75, 3.05) is 19.6 Å². The van der Waals surface area contributed by atoms with Crippen LogP contribution in [0.5, 0.6) is 0 Å². The Bertz CT molecular complexity index is 917. The summed E-state index contributed by atoms with van der Waals surface area (Å²) in [5.74, 6) is 0.0127. The van der Waals surface area contributed by atoms with E-state index in [9.17, 15) is 9.59 Å². The molecule has 0 radical (unpaired) electrons. The number of rotatable bonds is 3. The standard InChI is InChI=1S/C22H25N3O2/c1-15(2)11-12-25-18-9-7-17(21(25)26)13-24(14-18)22(27)20-10-8-16-5-3-4-6-19(16)23-20/h3-6,8,10-11,17-18H,7,9,12-14H2,1-2H3/t17-,18+/m0/s1. The molecule has 0 spiro atoms. The zero-order valence-electron chi connectivity index (χ0n) is 15.9. The average Bonchev–Trinajstić information content (AvgIpc) is 2.96. The van der Waals surface area contributed by atoms with Gasteiger partial charge in [0.15, 0.2) is 0 Å². The van der Waals surface area contributed by atoms with Gasteiger partial charge in [0.2, 0.25) is 5.91 Å². The lowest BCUT2D eigenvalue weighted by atomic mass is 9.94. The highest BCUT2D eigenvalue weighted by atomic mass is 16.2. The van der Waals surface area contributed by atoms with Crippen molar-refractivity contribution < 1.29 is 9.59 Å². The van der Waals surface area contributed by atoms with Crippen LogP contribution in [0.3, 0.4) is 0 Å². The quantitative estimate of drug-likeness (QED) is 0.787. The Labute approximate surface area is 159 Å². The number of benzene rings is 1. The number of hydrogen-bond donors (Lipinski definition) is 0. The van der Waals surface area contributed by atoms with Gasteiger partial charge in [0.25, 0.3) is 5.91 Å². The smallest absolute Gasteiger partial charge is 0.272 e. The van der Waals surface area contributed by atoms with Gasteiger partial charge in [-0.25, -0.2) is 4.98 Å². The number of carbonyl (C=O) groups excluding carboxylic acids is 2. The number of para-hydroxylation sites is 1. The number of aromatic nitrogens is 1. The minimum absolute atomic E-state index is 0.0745. The number of allylic oxidation sites excluding steroid dienone is 1. The first kappa shape index (κ1) is 17.7. The number of fused-ring (bicyclic) bond motifs is 5. The summed E-state index contributed by atoms with van der Waals surface area (Å²) in [4.78, 5) is 34.3. The molecule has 3 aliphatic rings. The monoisotopic (exact) mass is 363 g/mol. The Morgan fingerprint density at radius 1 is 1.15 bits per heavy atom. The molecule has 2 aromatic rings. The van der Waals surface area contributed by atoms with Gasteiger partial charge >= 0.3 is 0 Å².